The highest BCUT2D eigenvalue weighted by Gasteiger charge is 2.48. The van der Waals surface area contributed by atoms with E-state index in [4.69, 9.17) is 4.42 Å². The predicted molar refractivity (Wildman–Crippen MR) is 141 cm³/mol. The maximum Gasteiger partial charge on any atom is 0.317 e. The summed E-state index contributed by atoms with van der Waals surface area (Å²) in [6.45, 7) is 1.63. The summed E-state index contributed by atoms with van der Waals surface area (Å²) in [6, 6.07) is 11.8. The second-order valence-electron chi connectivity index (χ2n) is 8.56. The molecule has 0 unspecified atom stereocenters. The lowest BCUT2D eigenvalue weighted by Gasteiger charge is -2.22. The van der Waals surface area contributed by atoms with E-state index in [2.05, 4.69) is 38.0 Å². The van der Waals surface area contributed by atoms with Crippen LogP contribution < -0.4 is 10.2 Å². The van der Waals surface area contributed by atoms with Crippen molar-refractivity contribution >= 4 is 51.1 Å². The third-order valence-corrected chi connectivity index (χ3v) is 6.59. The van der Waals surface area contributed by atoms with Gasteiger partial charge in [0.2, 0.25) is 5.91 Å². The average molecular weight is 602 g/mol. The van der Waals surface area contributed by atoms with E-state index in [1.807, 2.05) is 23.1 Å². The molecule has 2 saturated heterocycles. The number of carbonyl (C=O) groups excluding carboxylic acids is 2. The molecule has 6 rings (SSSR count). The molecule has 2 fully saturated rings. The number of likely N-dealkylation sites (tertiary alicyclic amines) is 1. The normalized spacial score (nSPS) is 18.8. The molecule has 0 radical (unpaired) electrons. The average Bonchev–Trinajstić information content (AvgIpc) is 3.70. The van der Waals surface area contributed by atoms with Gasteiger partial charge in [-0.1, -0.05) is 40.8 Å². The zero-order chi connectivity index (χ0) is 25.2. The van der Waals surface area contributed by atoms with Crippen LogP contribution in [-0.4, -0.2) is 56.2 Å². The van der Waals surface area contributed by atoms with Crippen molar-refractivity contribution in [2.45, 2.75) is 6.54 Å². The lowest BCUT2D eigenvalue weighted by molar-refractivity contribution is -0.120. The van der Waals surface area contributed by atoms with Gasteiger partial charge in [0.05, 0.1) is 36.1 Å². The molecule has 1 N–H and O–H groups in total. The van der Waals surface area contributed by atoms with Crippen molar-refractivity contribution in [1.29, 1.82) is 0 Å². The Balaban J connectivity index is 0.00000130. The fourth-order valence-corrected chi connectivity index (χ4v) is 4.93. The number of nitrogens with zero attached hydrogens (tertiary/aromatic N) is 5. The SMILES string of the molecule is CI.O=C(NCc1cnco1)N1C[C@H]2CN(c3cccc4c3cnn4-c3ccccc3F)C(=O)[C@H]2C1. The zero-order valence-corrected chi connectivity index (χ0v) is 21.6. The van der Waals surface area contributed by atoms with Gasteiger partial charge in [-0.3, -0.25) is 4.79 Å². The number of oxazole rings is 1. The minimum absolute atomic E-state index is 0.0123. The van der Waals surface area contributed by atoms with Gasteiger partial charge in [0.1, 0.15) is 17.3 Å². The maximum absolute atomic E-state index is 14.4. The smallest absolute Gasteiger partial charge is 0.317 e. The van der Waals surface area contributed by atoms with E-state index in [9.17, 15) is 14.0 Å². The molecule has 9 nitrogen and oxygen atoms in total. The summed E-state index contributed by atoms with van der Waals surface area (Å²) in [5.41, 5.74) is 1.83. The lowest BCUT2D eigenvalue weighted by Crippen LogP contribution is -2.41. The van der Waals surface area contributed by atoms with Gasteiger partial charge in [0.15, 0.2) is 6.39 Å². The number of halogens is 2. The Morgan fingerprint density at radius 3 is 2.67 bits per heavy atom. The van der Waals surface area contributed by atoms with Gasteiger partial charge in [-0.05, 0) is 29.2 Å². The fraction of sp³-hybridized carbons (Fsp3) is 0.280. The molecular formula is C25H24FIN6O3. The summed E-state index contributed by atoms with van der Waals surface area (Å²) in [5.74, 6) is -0.0275. The summed E-state index contributed by atoms with van der Waals surface area (Å²) >= 11 is 2.15. The van der Waals surface area contributed by atoms with Crippen LogP contribution in [0.2, 0.25) is 0 Å². The fourth-order valence-electron chi connectivity index (χ4n) is 4.93. The van der Waals surface area contributed by atoms with Crippen LogP contribution in [-0.2, 0) is 11.3 Å². The standard InChI is InChI=1S/C24H21FN6O3.CH3I/c25-19-4-1-2-5-22(19)31-21-7-3-6-20(17(21)10-28-31)30-12-15-11-29(13-18(15)23(30)32)24(33)27-9-16-8-26-14-34-16;1-2/h1-8,10,14-15,18H,9,11-13H2,(H,27,33);1H3/t15-,18-;/m0./s1. The van der Waals surface area contributed by atoms with Crippen molar-refractivity contribution in [1.82, 2.24) is 25.0 Å². The van der Waals surface area contributed by atoms with Crippen molar-refractivity contribution in [2.24, 2.45) is 11.8 Å². The number of urea groups is 1. The van der Waals surface area contributed by atoms with Crippen molar-refractivity contribution in [2.75, 3.05) is 29.5 Å². The molecule has 4 heterocycles. The number of rotatable bonds is 4. The van der Waals surface area contributed by atoms with E-state index in [0.29, 0.717) is 31.1 Å². The number of para-hydroxylation sites is 1. The van der Waals surface area contributed by atoms with E-state index in [1.54, 1.807) is 45.1 Å². The summed E-state index contributed by atoms with van der Waals surface area (Å²) < 4.78 is 21.1. The molecule has 2 aromatic heterocycles. The molecule has 0 spiro atoms. The third kappa shape index (κ3) is 4.31. The monoisotopic (exact) mass is 602 g/mol. The minimum Gasteiger partial charge on any atom is -0.447 e. The van der Waals surface area contributed by atoms with Gasteiger partial charge in [0, 0.05) is 30.9 Å². The van der Waals surface area contributed by atoms with Crippen LogP contribution in [0.5, 0.6) is 0 Å². The van der Waals surface area contributed by atoms with E-state index in [0.717, 1.165) is 16.6 Å². The summed E-state index contributed by atoms with van der Waals surface area (Å²) in [6.07, 6.45) is 4.53. The number of carbonyl (C=O) groups is 2. The van der Waals surface area contributed by atoms with Crippen LogP contribution in [0.25, 0.3) is 16.6 Å². The number of benzene rings is 2. The van der Waals surface area contributed by atoms with Crippen LogP contribution in [0.4, 0.5) is 14.9 Å². The number of alkyl halides is 1. The number of nitrogens with one attached hydrogen (secondary N) is 1. The highest BCUT2D eigenvalue weighted by Crippen LogP contribution is 2.38. The number of fused-ring (bicyclic) bond motifs is 2. The summed E-state index contributed by atoms with van der Waals surface area (Å²) in [7, 11) is 0. The van der Waals surface area contributed by atoms with Gasteiger partial charge >= 0.3 is 6.03 Å². The number of amides is 3. The minimum atomic E-state index is -0.369. The Morgan fingerprint density at radius 2 is 1.92 bits per heavy atom. The quantitative estimate of drug-likeness (QED) is 0.282. The van der Waals surface area contributed by atoms with Gasteiger partial charge in [-0.25, -0.2) is 18.9 Å². The largest absolute Gasteiger partial charge is 0.447 e. The summed E-state index contributed by atoms with van der Waals surface area (Å²) in [4.78, 5) is 35.1. The molecule has 3 amide bonds. The summed E-state index contributed by atoms with van der Waals surface area (Å²) in [5, 5.41) is 7.98. The molecule has 11 heteroatoms. The predicted octanol–water partition coefficient (Wildman–Crippen LogP) is 4.01. The van der Waals surface area contributed by atoms with Crippen LogP contribution >= 0.6 is 22.6 Å². The topological polar surface area (TPSA) is 96.5 Å². The molecule has 0 saturated carbocycles. The number of anilines is 1. The Morgan fingerprint density at radius 1 is 1.11 bits per heavy atom. The zero-order valence-electron chi connectivity index (χ0n) is 19.5. The highest BCUT2D eigenvalue weighted by atomic mass is 127. The molecule has 36 heavy (non-hydrogen) atoms. The highest BCUT2D eigenvalue weighted by molar-refractivity contribution is 14.1. The number of hydrogen-bond donors (Lipinski definition) is 1. The second kappa shape index (κ2) is 10.2. The van der Waals surface area contributed by atoms with Gasteiger partial charge in [-0.2, -0.15) is 5.10 Å². The number of hydrogen-bond acceptors (Lipinski definition) is 5. The van der Waals surface area contributed by atoms with Crippen LogP contribution in [0, 0.1) is 17.7 Å². The van der Waals surface area contributed by atoms with Gasteiger partial charge in [0.25, 0.3) is 0 Å². The Kier molecular flexibility index (Phi) is 6.90. The lowest BCUT2D eigenvalue weighted by atomic mass is 10.0. The molecule has 2 aliphatic heterocycles. The first kappa shape index (κ1) is 24.2. The molecule has 2 aliphatic rings. The first-order chi connectivity index (χ1) is 17.6. The Labute approximate surface area is 220 Å². The Hall–Kier alpha value is -3.48. The molecule has 2 aromatic carbocycles. The first-order valence-corrected chi connectivity index (χ1v) is 13.6. The molecule has 186 valence electrons. The number of aromatic nitrogens is 3. The van der Waals surface area contributed by atoms with Crippen LogP contribution in [0.1, 0.15) is 5.76 Å². The van der Waals surface area contributed by atoms with Gasteiger partial charge < -0.3 is 19.5 Å². The molecule has 0 aliphatic carbocycles. The van der Waals surface area contributed by atoms with Crippen molar-refractivity contribution < 1.29 is 18.4 Å². The van der Waals surface area contributed by atoms with Crippen LogP contribution in [0.3, 0.4) is 0 Å². The third-order valence-electron chi connectivity index (χ3n) is 6.59. The van der Waals surface area contributed by atoms with E-state index < -0.39 is 0 Å². The molecule has 0 bridgehead atoms. The molecule has 2 atom stereocenters. The van der Waals surface area contributed by atoms with Crippen molar-refractivity contribution in [3.8, 4) is 5.69 Å². The first-order valence-electron chi connectivity index (χ1n) is 11.4. The van der Waals surface area contributed by atoms with Crippen molar-refractivity contribution in [3.63, 3.8) is 0 Å². The van der Waals surface area contributed by atoms with Crippen LogP contribution in [0.15, 0.2) is 65.7 Å². The van der Waals surface area contributed by atoms with Gasteiger partial charge in [-0.15, -0.1) is 0 Å². The molecular weight excluding hydrogens is 578 g/mol. The second-order valence-corrected chi connectivity index (χ2v) is 8.56. The molecule has 4 aromatic rings. The van der Waals surface area contributed by atoms with Crippen molar-refractivity contribution in [3.05, 3.63) is 72.8 Å². The van der Waals surface area contributed by atoms with E-state index in [1.165, 1.54) is 12.5 Å². The maximum atomic E-state index is 14.4. The van der Waals surface area contributed by atoms with E-state index in [-0.39, 0.29) is 36.1 Å². The Bertz CT molecular complexity index is 1390. The van der Waals surface area contributed by atoms with E-state index >= 15 is 0 Å².